The van der Waals surface area contributed by atoms with Crippen LogP contribution in [0.4, 0.5) is 21.9 Å². The first-order chi connectivity index (χ1) is 19.6. The van der Waals surface area contributed by atoms with E-state index < -0.39 is 0 Å². The average Bonchev–Trinajstić information content (AvgIpc) is 3.30. The van der Waals surface area contributed by atoms with Crippen LogP contribution in [0.3, 0.4) is 0 Å². The van der Waals surface area contributed by atoms with E-state index in [1.54, 1.807) is 17.8 Å². The van der Waals surface area contributed by atoms with Gasteiger partial charge in [0.05, 0.1) is 55.2 Å². The number of methoxy groups -OCH3 is 1. The van der Waals surface area contributed by atoms with E-state index >= 15 is 0 Å². The minimum absolute atomic E-state index is 0.298. The SMILES string of the molecule is COc1ccccc1Oc1ccc(Nc2c(C#N)cnn3cc(NC(=O)NCCN4CCOCC4)c(C)c23)cc1. The van der Waals surface area contributed by atoms with Gasteiger partial charge in [0.15, 0.2) is 11.5 Å². The van der Waals surface area contributed by atoms with Gasteiger partial charge in [-0.1, -0.05) is 12.1 Å². The molecule has 3 heterocycles. The highest BCUT2D eigenvalue weighted by molar-refractivity contribution is 5.94. The van der Waals surface area contributed by atoms with Crippen LogP contribution in [0.25, 0.3) is 5.52 Å². The van der Waals surface area contributed by atoms with Crippen molar-refractivity contribution >= 4 is 28.6 Å². The molecule has 0 spiro atoms. The zero-order valence-electron chi connectivity index (χ0n) is 22.4. The normalized spacial score (nSPS) is 13.4. The minimum Gasteiger partial charge on any atom is -0.493 e. The van der Waals surface area contributed by atoms with E-state index in [9.17, 15) is 10.1 Å². The number of morpholine rings is 1. The third-order valence-electron chi connectivity index (χ3n) is 6.66. The van der Waals surface area contributed by atoms with Gasteiger partial charge in [0.2, 0.25) is 0 Å². The lowest BCUT2D eigenvalue weighted by Crippen LogP contribution is -2.42. The maximum absolute atomic E-state index is 12.6. The van der Waals surface area contributed by atoms with Crippen LogP contribution in [-0.4, -0.2) is 67.0 Å². The Kier molecular flexibility index (Phi) is 8.29. The van der Waals surface area contributed by atoms with Crippen molar-refractivity contribution in [2.75, 3.05) is 57.1 Å². The van der Waals surface area contributed by atoms with Crippen LogP contribution in [0.1, 0.15) is 11.1 Å². The first kappa shape index (κ1) is 26.8. The van der Waals surface area contributed by atoms with Gasteiger partial charge < -0.3 is 30.2 Å². The van der Waals surface area contributed by atoms with Crippen molar-refractivity contribution in [1.82, 2.24) is 19.8 Å². The summed E-state index contributed by atoms with van der Waals surface area (Å²) in [6.07, 6.45) is 3.24. The smallest absolute Gasteiger partial charge is 0.319 e. The van der Waals surface area contributed by atoms with Crippen molar-refractivity contribution in [3.05, 3.63) is 72.1 Å². The second-order valence-corrected chi connectivity index (χ2v) is 9.24. The summed E-state index contributed by atoms with van der Waals surface area (Å²) < 4.78 is 18.3. The lowest BCUT2D eigenvalue weighted by Gasteiger charge is -2.26. The van der Waals surface area contributed by atoms with E-state index in [2.05, 4.69) is 32.0 Å². The molecule has 1 saturated heterocycles. The molecule has 3 N–H and O–H groups in total. The highest BCUT2D eigenvalue weighted by Gasteiger charge is 2.18. The minimum atomic E-state index is -0.298. The molecule has 11 heteroatoms. The Hall–Kier alpha value is -4.79. The number of ether oxygens (including phenoxy) is 3. The number of fused-ring (bicyclic) bond motifs is 1. The molecular weight excluding hydrogens is 510 g/mol. The molecule has 0 atom stereocenters. The van der Waals surface area contributed by atoms with Gasteiger partial charge in [-0.3, -0.25) is 4.90 Å². The van der Waals surface area contributed by atoms with Crippen LogP contribution in [0.2, 0.25) is 0 Å². The summed E-state index contributed by atoms with van der Waals surface area (Å²) in [4.78, 5) is 14.9. The number of urea groups is 1. The number of hydrogen-bond donors (Lipinski definition) is 3. The second kappa shape index (κ2) is 12.4. The van der Waals surface area contributed by atoms with E-state index in [4.69, 9.17) is 14.2 Å². The van der Waals surface area contributed by atoms with Crippen molar-refractivity contribution in [3.8, 4) is 23.3 Å². The largest absolute Gasteiger partial charge is 0.493 e. The molecular formula is C29H31N7O4. The number of aromatic nitrogens is 2. The standard InChI is InChI=1S/C29H31N7O4/c1-20-24(34-29(37)31-11-12-35-13-15-39-16-14-35)19-36-28(20)27(21(17-30)18-32-36)33-22-7-9-23(10-8-22)40-26-6-4-3-5-25(26)38-2/h3-10,18-19,33H,11-16H2,1-2H3,(H2,31,34,37). The zero-order valence-corrected chi connectivity index (χ0v) is 22.4. The van der Waals surface area contributed by atoms with Gasteiger partial charge in [-0.15, -0.1) is 0 Å². The number of nitrogens with one attached hydrogen (secondary N) is 3. The third kappa shape index (κ3) is 6.09. The fraction of sp³-hybridized carbons (Fsp3) is 0.276. The van der Waals surface area contributed by atoms with Gasteiger partial charge in [-0.25, -0.2) is 9.31 Å². The van der Waals surface area contributed by atoms with Gasteiger partial charge >= 0.3 is 6.03 Å². The number of nitrogens with zero attached hydrogens (tertiary/aromatic N) is 4. The molecule has 0 unspecified atom stereocenters. The molecule has 1 aliphatic heterocycles. The first-order valence-corrected chi connectivity index (χ1v) is 13.0. The van der Waals surface area contributed by atoms with Gasteiger partial charge in [-0.2, -0.15) is 10.4 Å². The summed E-state index contributed by atoms with van der Waals surface area (Å²) in [6, 6.07) is 16.7. The number of benzene rings is 2. The van der Waals surface area contributed by atoms with Crippen molar-refractivity contribution in [2.45, 2.75) is 6.92 Å². The third-order valence-corrected chi connectivity index (χ3v) is 6.66. The molecule has 0 saturated carbocycles. The predicted octanol–water partition coefficient (Wildman–Crippen LogP) is 4.51. The number of para-hydroxylation sites is 2. The monoisotopic (exact) mass is 541 g/mol. The van der Waals surface area contributed by atoms with Gasteiger partial charge in [0.25, 0.3) is 0 Å². The molecule has 2 amide bonds. The fourth-order valence-corrected chi connectivity index (χ4v) is 4.53. The number of carbonyl (C=O) groups is 1. The Morgan fingerprint density at radius 1 is 1.12 bits per heavy atom. The highest BCUT2D eigenvalue weighted by Crippen LogP contribution is 2.34. The molecule has 2 aromatic carbocycles. The number of rotatable bonds is 9. The molecule has 40 heavy (non-hydrogen) atoms. The summed E-state index contributed by atoms with van der Waals surface area (Å²) in [5.41, 5.74) is 3.81. The molecule has 4 aromatic rings. The molecule has 206 valence electrons. The van der Waals surface area contributed by atoms with Gasteiger partial charge in [0.1, 0.15) is 11.8 Å². The molecule has 5 rings (SSSR count). The van der Waals surface area contributed by atoms with Gasteiger partial charge in [0, 0.05) is 37.4 Å². The maximum atomic E-state index is 12.6. The average molecular weight is 542 g/mol. The molecule has 11 nitrogen and oxygen atoms in total. The number of hydrogen-bond acceptors (Lipinski definition) is 8. The van der Waals surface area contributed by atoms with Crippen LogP contribution in [0.15, 0.2) is 60.9 Å². The van der Waals surface area contributed by atoms with E-state index in [0.29, 0.717) is 46.2 Å². The van der Waals surface area contributed by atoms with E-state index in [0.717, 1.165) is 44.1 Å². The van der Waals surface area contributed by atoms with Crippen LogP contribution in [0, 0.1) is 18.3 Å². The first-order valence-electron chi connectivity index (χ1n) is 13.0. The molecule has 0 aliphatic carbocycles. The lowest BCUT2D eigenvalue weighted by atomic mass is 10.1. The zero-order chi connectivity index (χ0) is 27.9. The Bertz CT molecular complexity index is 1520. The second-order valence-electron chi connectivity index (χ2n) is 9.24. The van der Waals surface area contributed by atoms with Crippen molar-refractivity contribution < 1.29 is 19.0 Å². The Morgan fingerprint density at radius 2 is 1.88 bits per heavy atom. The Balaban J connectivity index is 1.30. The summed E-state index contributed by atoms with van der Waals surface area (Å²) in [5, 5.41) is 23.3. The Labute approximate surface area is 232 Å². The number of anilines is 3. The molecule has 0 radical (unpaired) electrons. The number of aryl methyl sites for hydroxylation is 1. The number of nitriles is 1. The quantitative estimate of drug-likeness (QED) is 0.283. The summed E-state index contributed by atoms with van der Waals surface area (Å²) in [5.74, 6) is 1.89. The molecule has 2 aromatic heterocycles. The summed E-state index contributed by atoms with van der Waals surface area (Å²) in [7, 11) is 1.60. The highest BCUT2D eigenvalue weighted by atomic mass is 16.5. The maximum Gasteiger partial charge on any atom is 0.319 e. The van der Waals surface area contributed by atoms with Crippen molar-refractivity contribution in [3.63, 3.8) is 0 Å². The fourth-order valence-electron chi connectivity index (χ4n) is 4.53. The van der Waals surface area contributed by atoms with Crippen LogP contribution in [0.5, 0.6) is 17.2 Å². The number of amides is 2. The summed E-state index contributed by atoms with van der Waals surface area (Å²) in [6.45, 7) is 6.35. The predicted molar refractivity (Wildman–Crippen MR) is 152 cm³/mol. The van der Waals surface area contributed by atoms with Crippen LogP contribution < -0.4 is 25.4 Å². The molecule has 0 bridgehead atoms. The van der Waals surface area contributed by atoms with E-state index in [1.165, 1.54) is 6.20 Å². The van der Waals surface area contributed by atoms with Crippen LogP contribution >= 0.6 is 0 Å². The Morgan fingerprint density at radius 3 is 2.60 bits per heavy atom. The topological polar surface area (TPSA) is 125 Å². The van der Waals surface area contributed by atoms with Crippen molar-refractivity contribution in [1.29, 1.82) is 5.26 Å². The van der Waals surface area contributed by atoms with Gasteiger partial charge in [-0.05, 0) is 43.3 Å². The van der Waals surface area contributed by atoms with Crippen LogP contribution in [-0.2, 0) is 4.74 Å². The number of carbonyl (C=O) groups excluding carboxylic acids is 1. The van der Waals surface area contributed by atoms with Crippen molar-refractivity contribution in [2.24, 2.45) is 0 Å². The lowest BCUT2D eigenvalue weighted by molar-refractivity contribution is 0.0388. The molecule has 1 fully saturated rings. The molecule has 1 aliphatic rings. The summed E-state index contributed by atoms with van der Waals surface area (Å²) >= 11 is 0. The van der Waals surface area contributed by atoms with E-state index in [-0.39, 0.29) is 6.03 Å². The van der Waals surface area contributed by atoms with E-state index in [1.807, 2.05) is 55.5 Å².